The van der Waals surface area contributed by atoms with E-state index >= 15 is 0 Å². The van der Waals surface area contributed by atoms with Gasteiger partial charge in [-0.05, 0) is 30.7 Å². The van der Waals surface area contributed by atoms with Gasteiger partial charge in [-0.25, -0.2) is 0 Å². The minimum Gasteiger partial charge on any atom is -0.325 e. The second kappa shape index (κ2) is 8.52. The maximum absolute atomic E-state index is 12.5. The molecule has 0 bridgehead atoms. The molecule has 3 rings (SSSR count). The Labute approximate surface area is 162 Å². The van der Waals surface area contributed by atoms with E-state index in [9.17, 15) is 4.79 Å². The summed E-state index contributed by atoms with van der Waals surface area (Å²) in [6.07, 6.45) is 0.687. The van der Waals surface area contributed by atoms with Gasteiger partial charge in [0.2, 0.25) is 5.91 Å². The van der Waals surface area contributed by atoms with Crippen LogP contribution in [0, 0.1) is 11.3 Å². The van der Waals surface area contributed by atoms with E-state index in [2.05, 4.69) is 21.6 Å². The van der Waals surface area contributed by atoms with Gasteiger partial charge < -0.3 is 9.88 Å². The fourth-order valence-electron chi connectivity index (χ4n) is 2.50. The third-order valence-electron chi connectivity index (χ3n) is 4.04. The van der Waals surface area contributed by atoms with Crippen molar-refractivity contribution in [2.75, 3.05) is 5.32 Å². The Morgan fingerprint density at radius 3 is 2.74 bits per heavy atom. The first-order valence-electron chi connectivity index (χ1n) is 8.46. The van der Waals surface area contributed by atoms with Gasteiger partial charge in [-0.3, -0.25) is 4.79 Å². The molecule has 1 atom stereocenters. The van der Waals surface area contributed by atoms with Crippen LogP contribution in [-0.4, -0.2) is 25.9 Å². The molecule has 27 heavy (non-hydrogen) atoms. The number of rotatable bonds is 6. The highest BCUT2D eigenvalue weighted by Crippen LogP contribution is 2.23. The molecule has 0 fully saturated rings. The van der Waals surface area contributed by atoms with Crippen LogP contribution in [0.3, 0.4) is 0 Å². The lowest BCUT2D eigenvalue weighted by Gasteiger charge is -2.12. The number of carbonyl (C=O) groups is 1. The summed E-state index contributed by atoms with van der Waals surface area (Å²) < 4.78 is 1.91. The van der Waals surface area contributed by atoms with Gasteiger partial charge in [-0.15, -0.1) is 10.2 Å². The monoisotopic (exact) mass is 377 g/mol. The molecule has 136 valence electrons. The van der Waals surface area contributed by atoms with Crippen molar-refractivity contribution >= 4 is 23.4 Å². The lowest BCUT2D eigenvalue weighted by molar-refractivity contribution is -0.115. The molecule has 0 aliphatic heterocycles. The highest BCUT2D eigenvalue weighted by atomic mass is 32.2. The van der Waals surface area contributed by atoms with Crippen molar-refractivity contribution < 1.29 is 4.79 Å². The molecule has 1 N–H and O–H groups in total. The zero-order valence-electron chi connectivity index (χ0n) is 15.1. The normalized spacial score (nSPS) is 11.6. The summed E-state index contributed by atoms with van der Waals surface area (Å²) in [6, 6.07) is 19.0. The second-order valence-electron chi connectivity index (χ2n) is 6.06. The Hall–Kier alpha value is -3.11. The summed E-state index contributed by atoms with van der Waals surface area (Å²) in [5.74, 6) is 0.695. The molecule has 0 aliphatic rings. The number of thioether (sulfide) groups is 1. The topological polar surface area (TPSA) is 83.6 Å². The summed E-state index contributed by atoms with van der Waals surface area (Å²) >= 11 is 1.35. The number of nitriles is 1. The Balaban J connectivity index is 1.64. The van der Waals surface area contributed by atoms with Crippen LogP contribution in [0.15, 0.2) is 59.8 Å². The van der Waals surface area contributed by atoms with Crippen LogP contribution in [-0.2, 0) is 18.3 Å². The molecule has 1 amide bonds. The highest BCUT2D eigenvalue weighted by Gasteiger charge is 2.19. The van der Waals surface area contributed by atoms with Gasteiger partial charge in [0.25, 0.3) is 0 Å². The number of nitrogens with zero attached hydrogens (tertiary/aromatic N) is 4. The zero-order valence-corrected chi connectivity index (χ0v) is 15.9. The smallest absolute Gasteiger partial charge is 0.237 e. The summed E-state index contributed by atoms with van der Waals surface area (Å²) in [6.45, 7) is 1.82. The first-order valence-corrected chi connectivity index (χ1v) is 9.34. The van der Waals surface area contributed by atoms with Crippen molar-refractivity contribution in [2.24, 2.45) is 7.05 Å². The number of nitrogens with one attached hydrogen (secondary N) is 1. The molecule has 2 aromatic carbocycles. The average molecular weight is 377 g/mol. The molecule has 7 heteroatoms. The van der Waals surface area contributed by atoms with Gasteiger partial charge in [0.1, 0.15) is 5.82 Å². The summed E-state index contributed by atoms with van der Waals surface area (Å²) in [4.78, 5) is 12.5. The predicted octanol–water partition coefficient (Wildman–Crippen LogP) is 3.40. The van der Waals surface area contributed by atoms with Crippen LogP contribution in [0.4, 0.5) is 5.69 Å². The fraction of sp³-hybridized carbons (Fsp3) is 0.200. The molecule has 1 heterocycles. The standard InChI is InChI=1S/C20H19N5OS/c1-14(19(26)22-17-10-6-9-16(11-17)13-21)27-20-24-23-18(25(20)2)12-15-7-4-3-5-8-15/h3-11,14H,12H2,1-2H3,(H,22,26). The molecule has 0 saturated heterocycles. The second-order valence-corrected chi connectivity index (χ2v) is 7.37. The zero-order chi connectivity index (χ0) is 19.2. The van der Waals surface area contributed by atoms with Crippen molar-refractivity contribution in [1.82, 2.24) is 14.8 Å². The maximum Gasteiger partial charge on any atom is 0.237 e. The van der Waals surface area contributed by atoms with Crippen molar-refractivity contribution in [3.8, 4) is 6.07 Å². The van der Waals surface area contributed by atoms with Crippen LogP contribution < -0.4 is 5.32 Å². The largest absolute Gasteiger partial charge is 0.325 e. The van der Waals surface area contributed by atoms with Crippen molar-refractivity contribution in [3.63, 3.8) is 0 Å². The van der Waals surface area contributed by atoms with E-state index in [-0.39, 0.29) is 11.2 Å². The summed E-state index contributed by atoms with van der Waals surface area (Å²) in [5.41, 5.74) is 2.27. The SMILES string of the molecule is CC(Sc1nnc(Cc2ccccc2)n1C)C(=O)Nc1cccc(C#N)c1. The quantitative estimate of drug-likeness (QED) is 0.666. The Kier molecular flexibility index (Phi) is 5.89. The molecule has 0 spiro atoms. The maximum atomic E-state index is 12.5. The molecular formula is C20H19N5OS. The van der Waals surface area contributed by atoms with Gasteiger partial charge in [0, 0.05) is 19.2 Å². The number of anilines is 1. The minimum absolute atomic E-state index is 0.150. The van der Waals surface area contributed by atoms with E-state index in [0.717, 1.165) is 11.4 Å². The number of benzene rings is 2. The lowest BCUT2D eigenvalue weighted by atomic mass is 10.1. The van der Waals surface area contributed by atoms with E-state index in [1.54, 1.807) is 24.3 Å². The molecule has 1 unspecified atom stereocenters. The van der Waals surface area contributed by atoms with Crippen LogP contribution in [0.25, 0.3) is 0 Å². The third kappa shape index (κ3) is 4.74. The number of amides is 1. The van der Waals surface area contributed by atoms with Crippen molar-refractivity contribution in [2.45, 2.75) is 23.8 Å². The minimum atomic E-state index is -0.358. The van der Waals surface area contributed by atoms with Crippen LogP contribution in [0.5, 0.6) is 0 Å². The lowest BCUT2D eigenvalue weighted by Crippen LogP contribution is -2.22. The Bertz CT molecular complexity index is 978. The number of hydrogen-bond acceptors (Lipinski definition) is 5. The van der Waals surface area contributed by atoms with E-state index in [1.165, 1.54) is 11.8 Å². The van der Waals surface area contributed by atoms with E-state index in [4.69, 9.17) is 5.26 Å². The van der Waals surface area contributed by atoms with Gasteiger partial charge >= 0.3 is 0 Å². The van der Waals surface area contributed by atoms with E-state index in [0.29, 0.717) is 22.8 Å². The first kappa shape index (κ1) is 18.7. The molecule has 0 radical (unpaired) electrons. The van der Waals surface area contributed by atoms with E-state index < -0.39 is 0 Å². The number of carbonyl (C=O) groups excluding carboxylic acids is 1. The Morgan fingerprint density at radius 1 is 1.22 bits per heavy atom. The van der Waals surface area contributed by atoms with Gasteiger partial charge in [0.15, 0.2) is 5.16 Å². The molecule has 1 aromatic heterocycles. The van der Waals surface area contributed by atoms with Gasteiger partial charge in [-0.2, -0.15) is 5.26 Å². The highest BCUT2D eigenvalue weighted by molar-refractivity contribution is 8.00. The summed E-state index contributed by atoms with van der Waals surface area (Å²) in [7, 11) is 1.90. The fourth-order valence-corrected chi connectivity index (χ4v) is 3.34. The third-order valence-corrected chi connectivity index (χ3v) is 5.17. The first-order chi connectivity index (χ1) is 13.1. The van der Waals surface area contributed by atoms with E-state index in [1.807, 2.05) is 48.9 Å². The van der Waals surface area contributed by atoms with Gasteiger partial charge in [-0.1, -0.05) is 48.2 Å². The molecular weight excluding hydrogens is 358 g/mol. The van der Waals surface area contributed by atoms with Gasteiger partial charge in [0.05, 0.1) is 16.9 Å². The Morgan fingerprint density at radius 2 is 2.00 bits per heavy atom. The number of aromatic nitrogens is 3. The van der Waals surface area contributed by atoms with Crippen LogP contribution in [0.2, 0.25) is 0 Å². The summed E-state index contributed by atoms with van der Waals surface area (Å²) in [5, 5.41) is 20.6. The van der Waals surface area contributed by atoms with Crippen LogP contribution in [0.1, 0.15) is 23.9 Å². The number of hydrogen-bond donors (Lipinski definition) is 1. The average Bonchev–Trinajstić information content (AvgIpc) is 3.02. The predicted molar refractivity (Wildman–Crippen MR) is 105 cm³/mol. The molecule has 6 nitrogen and oxygen atoms in total. The molecule has 0 aliphatic carbocycles. The molecule has 3 aromatic rings. The van der Waals surface area contributed by atoms with Crippen molar-refractivity contribution in [1.29, 1.82) is 5.26 Å². The van der Waals surface area contributed by atoms with Crippen molar-refractivity contribution in [3.05, 3.63) is 71.5 Å². The molecule has 0 saturated carbocycles. The van der Waals surface area contributed by atoms with Crippen LogP contribution >= 0.6 is 11.8 Å².